The molecule has 0 aliphatic carbocycles. The Morgan fingerprint density at radius 3 is 2.52 bits per heavy atom. The van der Waals surface area contributed by atoms with Gasteiger partial charge in [0.2, 0.25) is 0 Å². The molecule has 1 fully saturated rings. The highest BCUT2D eigenvalue weighted by atomic mass is 19.1. The normalized spacial score (nSPS) is 19.9. The number of rotatable bonds is 5. The third-order valence-electron chi connectivity index (χ3n) is 4.99. The number of nitrogens with zero attached hydrogens (tertiary/aromatic N) is 4. The number of ether oxygens (including phenoxy) is 1. The van der Waals surface area contributed by atoms with E-state index in [0.29, 0.717) is 17.8 Å². The summed E-state index contributed by atoms with van der Waals surface area (Å²) in [5, 5.41) is 21.8. The average Bonchev–Trinajstić information content (AvgIpc) is 3.17. The van der Waals surface area contributed by atoms with Gasteiger partial charge in [0.05, 0.1) is 12.5 Å². The maximum absolute atomic E-state index is 13.6. The summed E-state index contributed by atoms with van der Waals surface area (Å²) in [6.07, 6.45) is 2.49. The van der Waals surface area contributed by atoms with Crippen LogP contribution in [0.15, 0.2) is 66.7 Å². The van der Waals surface area contributed by atoms with Crippen molar-refractivity contribution in [1.82, 2.24) is 20.2 Å². The Balaban J connectivity index is 1.89. The number of cyclic esters (lactones) is 1. The van der Waals surface area contributed by atoms with Gasteiger partial charge in [-0.05, 0) is 45.3 Å². The first-order chi connectivity index (χ1) is 15.0. The van der Waals surface area contributed by atoms with Crippen LogP contribution < -0.4 is 0 Å². The van der Waals surface area contributed by atoms with Gasteiger partial charge >= 0.3 is 5.97 Å². The third kappa shape index (κ3) is 4.75. The number of hydrogen-bond donors (Lipinski definition) is 1. The molecule has 1 aliphatic rings. The molecule has 2 heterocycles. The maximum Gasteiger partial charge on any atom is 0.309 e. The fourth-order valence-corrected chi connectivity index (χ4v) is 3.56. The Morgan fingerprint density at radius 2 is 1.87 bits per heavy atom. The molecular weight excluding hydrogens is 399 g/mol. The van der Waals surface area contributed by atoms with Crippen molar-refractivity contribution in [3.8, 4) is 0 Å². The molecule has 2 aromatic carbocycles. The van der Waals surface area contributed by atoms with E-state index in [-0.39, 0.29) is 12.2 Å². The van der Waals surface area contributed by atoms with Gasteiger partial charge in [-0.2, -0.15) is 0 Å². The maximum atomic E-state index is 13.6. The van der Waals surface area contributed by atoms with Crippen molar-refractivity contribution >= 4 is 17.1 Å². The molecule has 1 aliphatic heterocycles. The zero-order chi connectivity index (χ0) is 21.8. The predicted molar refractivity (Wildman–Crippen MR) is 112 cm³/mol. The van der Waals surface area contributed by atoms with Crippen LogP contribution >= 0.6 is 0 Å². The topological polar surface area (TPSA) is 90.1 Å². The first-order valence-electron chi connectivity index (χ1n) is 9.85. The number of hydrogen-bond acceptors (Lipinski definition) is 6. The molecule has 158 valence electrons. The lowest BCUT2D eigenvalue weighted by atomic mass is 9.91. The van der Waals surface area contributed by atoms with E-state index in [1.807, 2.05) is 30.3 Å². The third-order valence-corrected chi connectivity index (χ3v) is 4.99. The molecule has 7 nitrogen and oxygen atoms in total. The summed E-state index contributed by atoms with van der Waals surface area (Å²) in [6, 6.07) is 15.8. The average molecular weight is 420 g/mol. The molecule has 1 N–H and O–H groups in total. The number of benzene rings is 2. The Kier molecular flexibility index (Phi) is 5.99. The summed E-state index contributed by atoms with van der Waals surface area (Å²) in [5.74, 6) is -0.292. The van der Waals surface area contributed by atoms with Gasteiger partial charge in [0.1, 0.15) is 11.9 Å². The number of halogens is 1. The van der Waals surface area contributed by atoms with Crippen molar-refractivity contribution in [2.45, 2.75) is 25.0 Å². The van der Waals surface area contributed by atoms with Gasteiger partial charge in [-0.25, -0.2) is 9.07 Å². The van der Waals surface area contributed by atoms with Crippen molar-refractivity contribution in [3.63, 3.8) is 0 Å². The highest BCUT2D eigenvalue weighted by Crippen LogP contribution is 2.33. The molecule has 0 spiro atoms. The van der Waals surface area contributed by atoms with Crippen molar-refractivity contribution in [2.24, 2.45) is 7.05 Å². The summed E-state index contributed by atoms with van der Waals surface area (Å²) < 4.78 is 20.5. The van der Waals surface area contributed by atoms with Crippen LogP contribution in [0.4, 0.5) is 4.39 Å². The van der Waals surface area contributed by atoms with E-state index in [9.17, 15) is 14.3 Å². The van der Waals surface area contributed by atoms with Crippen LogP contribution in [0.1, 0.15) is 29.8 Å². The van der Waals surface area contributed by atoms with E-state index in [1.54, 1.807) is 31.3 Å². The first kappa shape index (κ1) is 20.6. The number of carbonyl (C=O) groups is 1. The van der Waals surface area contributed by atoms with Crippen LogP contribution in [0.3, 0.4) is 0 Å². The minimum atomic E-state index is -0.745. The Bertz CT molecular complexity index is 1120. The second kappa shape index (κ2) is 9.01. The smallest absolute Gasteiger partial charge is 0.309 e. The van der Waals surface area contributed by atoms with Gasteiger partial charge in [-0.3, -0.25) is 4.79 Å². The predicted octanol–water partition coefficient (Wildman–Crippen LogP) is 2.93. The number of aliphatic hydroxyl groups is 1. The number of carbonyl (C=O) groups excluding carboxylic acids is 1. The van der Waals surface area contributed by atoms with Gasteiger partial charge in [-0.1, -0.05) is 48.5 Å². The largest absolute Gasteiger partial charge is 0.458 e. The van der Waals surface area contributed by atoms with Crippen LogP contribution in [0.25, 0.3) is 11.1 Å². The number of aryl methyl sites for hydroxylation is 1. The summed E-state index contributed by atoms with van der Waals surface area (Å²) in [6.45, 7) is 0. The molecule has 8 heteroatoms. The zero-order valence-electron chi connectivity index (χ0n) is 16.9. The SMILES string of the molecule is Cn1nnnc1C(C=CC1CC(O)CC(=O)O1)=C(c1ccccc1)c1ccc(F)cc1. The van der Waals surface area contributed by atoms with Crippen molar-refractivity contribution in [1.29, 1.82) is 0 Å². The van der Waals surface area contributed by atoms with Gasteiger partial charge in [0.25, 0.3) is 0 Å². The van der Waals surface area contributed by atoms with E-state index in [2.05, 4.69) is 15.5 Å². The molecule has 31 heavy (non-hydrogen) atoms. The fraction of sp³-hybridized carbons (Fsp3) is 0.217. The molecule has 2 unspecified atom stereocenters. The fourth-order valence-electron chi connectivity index (χ4n) is 3.56. The molecule has 1 aromatic heterocycles. The molecule has 0 amide bonds. The highest BCUT2D eigenvalue weighted by Gasteiger charge is 2.26. The van der Waals surface area contributed by atoms with Gasteiger partial charge in [-0.15, -0.1) is 5.10 Å². The van der Waals surface area contributed by atoms with E-state index >= 15 is 0 Å². The van der Waals surface area contributed by atoms with E-state index in [0.717, 1.165) is 16.7 Å². The van der Waals surface area contributed by atoms with Crippen LogP contribution in [-0.2, 0) is 16.6 Å². The van der Waals surface area contributed by atoms with E-state index < -0.39 is 18.2 Å². The van der Waals surface area contributed by atoms with Gasteiger partial charge < -0.3 is 9.84 Å². The number of tetrazole rings is 1. The van der Waals surface area contributed by atoms with E-state index in [1.165, 1.54) is 16.8 Å². The lowest BCUT2D eigenvalue weighted by molar-refractivity contribution is -0.156. The lowest BCUT2D eigenvalue weighted by Gasteiger charge is -2.23. The van der Waals surface area contributed by atoms with Crippen LogP contribution in [0, 0.1) is 5.82 Å². The van der Waals surface area contributed by atoms with Gasteiger partial charge in [0.15, 0.2) is 5.82 Å². The monoisotopic (exact) mass is 420 g/mol. The van der Waals surface area contributed by atoms with Crippen LogP contribution in [0.5, 0.6) is 0 Å². The lowest BCUT2D eigenvalue weighted by Crippen LogP contribution is -2.31. The molecule has 0 saturated carbocycles. The minimum absolute atomic E-state index is 0.00884. The number of aromatic nitrogens is 4. The first-order valence-corrected chi connectivity index (χ1v) is 9.85. The molecular formula is C23H21FN4O3. The minimum Gasteiger partial charge on any atom is -0.458 e. The second-order valence-electron chi connectivity index (χ2n) is 7.27. The number of esters is 1. The van der Waals surface area contributed by atoms with Crippen molar-refractivity contribution in [3.05, 3.63) is 89.5 Å². The molecule has 3 aromatic rings. The van der Waals surface area contributed by atoms with Crippen LogP contribution in [-0.4, -0.2) is 43.5 Å². The van der Waals surface area contributed by atoms with E-state index in [4.69, 9.17) is 4.74 Å². The second-order valence-corrected chi connectivity index (χ2v) is 7.27. The quantitative estimate of drug-likeness (QED) is 0.504. The summed E-state index contributed by atoms with van der Waals surface area (Å²) in [7, 11) is 1.72. The highest BCUT2D eigenvalue weighted by molar-refractivity contribution is 6.00. The van der Waals surface area contributed by atoms with Crippen LogP contribution in [0.2, 0.25) is 0 Å². The summed E-state index contributed by atoms with van der Waals surface area (Å²) in [5.41, 5.74) is 3.12. The zero-order valence-corrected chi connectivity index (χ0v) is 16.9. The summed E-state index contributed by atoms with van der Waals surface area (Å²) in [4.78, 5) is 11.7. The molecule has 2 atom stereocenters. The molecule has 0 bridgehead atoms. The van der Waals surface area contributed by atoms with Crippen molar-refractivity contribution < 1.29 is 19.0 Å². The standard InChI is InChI=1S/C23H21FN4O3/c1-28-23(25-26-27-28)20(12-11-19-13-18(29)14-21(30)31-19)22(15-5-3-2-4-6-15)16-7-9-17(24)10-8-16/h2-12,18-19,29H,13-14H2,1H3. The molecule has 0 radical (unpaired) electrons. The summed E-state index contributed by atoms with van der Waals surface area (Å²) >= 11 is 0. The number of aliphatic hydroxyl groups excluding tert-OH is 1. The molecule has 1 saturated heterocycles. The van der Waals surface area contributed by atoms with Gasteiger partial charge in [0, 0.05) is 19.0 Å². The number of allylic oxidation sites excluding steroid dienone is 2. The van der Waals surface area contributed by atoms with Crippen molar-refractivity contribution in [2.75, 3.05) is 0 Å². The Hall–Kier alpha value is -3.65. The Morgan fingerprint density at radius 1 is 1.16 bits per heavy atom. The Labute approximate surface area is 178 Å². The molecule has 4 rings (SSSR count).